The van der Waals surface area contributed by atoms with Gasteiger partial charge in [-0.05, 0) is 50.2 Å². The molecule has 33 heavy (non-hydrogen) atoms. The minimum Gasteiger partial charge on any atom is -0.491 e. The molecule has 0 saturated carbocycles. The predicted molar refractivity (Wildman–Crippen MR) is 128 cm³/mol. The third-order valence-corrected chi connectivity index (χ3v) is 6.71. The number of hydrazine groups is 1. The van der Waals surface area contributed by atoms with Gasteiger partial charge in [-0.2, -0.15) is 5.26 Å². The van der Waals surface area contributed by atoms with E-state index in [-0.39, 0.29) is 12.6 Å². The number of aliphatic hydroxyl groups excluding tert-OH is 1. The molecule has 172 valence electrons. The van der Waals surface area contributed by atoms with Gasteiger partial charge in [0, 0.05) is 38.3 Å². The summed E-state index contributed by atoms with van der Waals surface area (Å²) in [5, 5.41) is 24.1. The number of hydrogen-bond donors (Lipinski definition) is 1. The molecule has 1 saturated heterocycles. The van der Waals surface area contributed by atoms with Crippen LogP contribution in [0.25, 0.3) is 10.2 Å². The summed E-state index contributed by atoms with van der Waals surface area (Å²) < 4.78 is 6.94. The number of hydrogen-bond acceptors (Lipinski definition) is 8. The lowest BCUT2D eigenvalue weighted by atomic mass is 10.2. The SMILES string of the molecule is Cc1nc2cc(OC[C@H](O)CN3CCN(N(C=O)c4ccc(C#N)cc4)C[C@@H]3C)ccc2s1. The summed E-state index contributed by atoms with van der Waals surface area (Å²) in [7, 11) is 0. The maximum atomic E-state index is 11.8. The number of β-amino-alcohol motifs (C(OH)–C–C–N with tert-alkyl or cyclic N) is 1. The monoisotopic (exact) mass is 465 g/mol. The molecule has 1 amide bonds. The van der Waals surface area contributed by atoms with Gasteiger partial charge in [0.2, 0.25) is 6.41 Å². The van der Waals surface area contributed by atoms with E-state index in [1.165, 1.54) is 0 Å². The normalized spacial score (nSPS) is 18.1. The third kappa shape index (κ3) is 5.49. The van der Waals surface area contributed by atoms with E-state index in [0.29, 0.717) is 37.5 Å². The number of amides is 1. The number of rotatable bonds is 8. The fourth-order valence-corrected chi connectivity index (χ4v) is 4.86. The predicted octanol–water partition coefficient (Wildman–Crippen LogP) is 2.80. The van der Waals surface area contributed by atoms with Crippen molar-refractivity contribution in [1.82, 2.24) is 14.9 Å². The average molecular weight is 466 g/mol. The minimum atomic E-state index is -0.632. The van der Waals surface area contributed by atoms with Crippen molar-refractivity contribution in [1.29, 1.82) is 5.26 Å². The van der Waals surface area contributed by atoms with Gasteiger partial charge in [0.15, 0.2) is 0 Å². The highest BCUT2D eigenvalue weighted by Crippen LogP contribution is 2.26. The van der Waals surface area contributed by atoms with Crippen LogP contribution in [0, 0.1) is 18.3 Å². The number of nitrogens with zero attached hydrogens (tertiary/aromatic N) is 5. The van der Waals surface area contributed by atoms with Crippen LogP contribution in [-0.4, -0.2) is 71.3 Å². The Kier molecular flexibility index (Phi) is 7.20. The van der Waals surface area contributed by atoms with E-state index < -0.39 is 6.10 Å². The van der Waals surface area contributed by atoms with E-state index in [9.17, 15) is 9.90 Å². The number of anilines is 1. The molecule has 0 unspecified atom stereocenters. The molecule has 0 aliphatic carbocycles. The van der Waals surface area contributed by atoms with Crippen molar-refractivity contribution in [2.75, 3.05) is 37.8 Å². The number of piperazine rings is 1. The Morgan fingerprint density at radius 3 is 2.82 bits per heavy atom. The maximum absolute atomic E-state index is 11.8. The molecule has 3 aromatic rings. The molecule has 1 aromatic heterocycles. The van der Waals surface area contributed by atoms with Gasteiger partial charge in [0.05, 0.1) is 32.5 Å². The quantitative estimate of drug-likeness (QED) is 0.512. The van der Waals surface area contributed by atoms with Gasteiger partial charge in [-0.25, -0.2) is 15.0 Å². The maximum Gasteiger partial charge on any atom is 0.228 e. The van der Waals surface area contributed by atoms with Gasteiger partial charge in [-0.1, -0.05) is 0 Å². The summed E-state index contributed by atoms with van der Waals surface area (Å²) in [6, 6.07) is 15.0. The van der Waals surface area contributed by atoms with Crippen molar-refractivity contribution < 1.29 is 14.6 Å². The number of aliphatic hydroxyl groups is 1. The van der Waals surface area contributed by atoms with Crippen molar-refractivity contribution in [2.24, 2.45) is 0 Å². The second-order valence-corrected chi connectivity index (χ2v) is 9.43. The van der Waals surface area contributed by atoms with Crippen molar-refractivity contribution in [3.05, 3.63) is 53.0 Å². The largest absolute Gasteiger partial charge is 0.491 e. The molecule has 1 N–H and O–H groups in total. The van der Waals surface area contributed by atoms with Crippen LogP contribution < -0.4 is 9.75 Å². The first-order valence-corrected chi connectivity index (χ1v) is 11.7. The second kappa shape index (κ2) is 10.3. The minimum absolute atomic E-state index is 0.142. The first-order valence-electron chi connectivity index (χ1n) is 10.9. The smallest absolute Gasteiger partial charge is 0.228 e. The van der Waals surface area contributed by atoms with Gasteiger partial charge in [0.1, 0.15) is 18.5 Å². The first kappa shape index (κ1) is 23.1. The highest BCUT2D eigenvalue weighted by molar-refractivity contribution is 7.18. The molecule has 4 rings (SSSR count). The second-order valence-electron chi connectivity index (χ2n) is 8.19. The van der Waals surface area contributed by atoms with Gasteiger partial charge < -0.3 is 9.84 Å². The van der Waals surface area contributed by atoms with Crippen LogP contribution >= 0.6 is 11.3 Å². The molecule has 0 radical (unpaired) electrons. The molecular formula is C24H27N5O3S. The average Bonchev–Trinajstić information content (AvgIpc) is 3.19. The van der Waals surface area contributed by atoms with Gasteiger partial charge in [-0.15, -0.1) is 11.3 Å². The summed E-state index contributed by atoms with van der Waals surface area (Å²) in [4.78, 5) is 18.5. The zero-order valence-electron chi connectivity index (χ0n) is 18.7. The van der Waals surface area contributed by atoms with Crippen molar-refractivity contribution in [2.45, 2.75) is 26.0 Å². The number of aromatic nitrogens is 1. The Hall–Kier alpha value is -3.03. The molecule has 1 fully saturated rings. The van der Waals surface area contributed by atoms with E-state index >= 15 is 0 Å². The molecule has 0 bridgehead atoms. The number of fused-ring (bicyclic) bond motifs is 1. The highest BCUT2D eigenvalue weighted by Gasteiger charge is 2.28. The Bertz CT molecular complexity index is 1140. The lowest BCUT2D eigenvalue weighted by Crippen LogP contribution is -2.58. The van der Waals surface area contributed by atoms with Crippen LogP contribution in [0.1, 0.15) is 17.5 Å². The van der Waals surface area contributed by atoms with Gasteiger partial charge in [0.25, 0.3) is 0 Å². The van der Waals surface area contributed by atoms with Crippen LogP contribution in [0.3, 0.4) is 0 Å². The molecule has 9 heteroatoms. The summed E-state index contributed by atoms with van der Waals surface area (Å²) in [6.07, 6.45) is 0.167. The summed E-state index contributed by atoms with van der Waals surface area (Å²) in [5.74, 6) is 0.703. The standard InChI is InChI=1S/C24H27N5O3S/c1-17-13-28(29(16-30)20-5-3-19(12-25)4-6-20)10-9-27(17)14-21(31)15-32-22-7-8-24-23(11-22)26-18(2)33-24/h3-8,11,16-17,21,31H,9-10,13-15H2,1-2H3/t17-,21+/m0/s1. The number of nitriles is 1. The number of benzene rings is 2. The molecule has 1 aliphatic heterocycles. The number of thiazole rings is 1. The molecule has 8 nitrogen and oxygen atoms in total. The van der Waals surface area contributed by atoms with E-state index in [2.05, 4.69) is 22.9 Å². The number of aryl methyl sites for hydroxylation is 1. The topological polar surface area (TPSA) is 92.9 Å². The summed E-state index contributed by atoms with van der Waals surface area (Å²) in [6.45, 7) is 6.76. The van der Waals surface area contributed by atoms with Gasteiger partial charge in [-0.3, -0.25) is 9.69 Å². The Morgan fingerprint density at radius 1 is 1.33 bits per heavy atom. The zero-order valence-corrected chi connectivity index (χ0v) is 19.5. The summed E-state index contributed by atoms with van der Waals surface area (Å²) in [5.41, 5.74) is 2.20. The highest BCUT2D eigenvalue weighted by atomic mass is 32.1. The van der Waals surface area contributed by atoms with E-state index in [4.69, 9.17) is 10.00 Å². The van der Waals surface area contributed by atoms with Crippen LogP contribution in [0.2, 0.25) is 0 Å². The van der Waals surface area contributed by atoms with Crippen LogP contribution in [-0.2, 0) is 4.79 Å². The van der Waals surface area contributed by atoms with E-state index in [0.717, 1.165) is 27.3 Å². The Morgan fingerprint density at radius 2 is 2.12 bits per heavy atom. The van der Waals surface area contributed by atoms with Crippen LogP contribution in [0.4, 0.5) is 5.69 Å². The van der Waals surface area contributed by atoms with Crippen LogP contribution in [0.15, 0.2) is 42.5 Å². The molecule has 2 heterocycles. The van der Waals surface area contributed by atoms with Crippen molar-refractivity contribution in [3.8, 4) is 11.8 Å². The van der Waals surface area contributed by atoms with Crippen LogP contribution in [0.5, 0.6) is 5.75 Å². The Labute approximate surface area is 197 Å². The first-order chi connectivity index (χ1) is 16.0. The fraction of sp³-hybridized carbons (Fsp3) is 0.375. The number of carbonyl (C=O) groups excluding carboxylic acids is 1. The van der Waals surface area contributed by atoms with E-state index in [1.54, 1.807) is 40.6 Å². The Balaban J connectivity index is 1.29. The van der Waals surface area contributed by atoms with E-state index in [1.807, 2.05) is 30.1 Å². The van der Waals surface area contributed by atoms with Crippen molar-refractivity contribution in [3.63, 3.8) is 0 Å². The van der Waals surface area contributed by atoms with Crippen molar-refractivity contribution >= 4 is 33.7 Å². The third-order valence-electron chi connectivity index (χ3n) is 5.76. The molecular weight excluding hydrogens is 438 g/mol. The molecule has 1 aliphatic rings. The summed E-state index contributed by atoms with van der Waals surface area (Å²) >= 11 is 1.65. The van der Waals surface area contributed by atoms with Gasteiger partial charge >= 0.3 is 0 Å². The number of carbonyl (C=O) groups is 1. The lowest BCUT2D eigenvalue weighted by molar-refractivity contribution is -0.111. The molecule has 2 aromatic carbocycles. The zero-order chi connectivity index (χ0) is 23.4. The fourth-order valence-electron chi connectivity index (χ4n) is 4.05. The lowest BCUT2D eigenvalue weighted by Gasteiger charge is -2.43. The number of ether oxygens (including phenoxy) is 1. The molecule has 0 spiro atoms. The molecule has 2 atom stereocenters.